The maximum absolute atomic E-state index is 11.6. The number of carbonyl (C=O) groups excluding carboxylic acids is 1. The lowest BCUT2D eigenvalue weighted by Gasteiger charge is -2.35. The first kappa shape index (κ1) is 13.3. The summed E-state index contributed by atoms with van der Waals surface area (Å²) >= 11 is 0. The average Bonchev–Trinajstić information content (AvgIpc) is 2.40. The number of carbonyl (C=O) groups is 1. The standard InChI is InChI=1S/C16H23NO/c1-2-3-9-15-12-16(18)10-11-17(15)13-14-7-5-4-6-8-14/h4-8,15H,2-3,9-13H2,1H3. The van der Waals surface area contributed by atoms with Gasteiger partial charge in [0.15, 0.2) is 0 Å². The Kier molecular flexibility index (Phi) is 4.94. The molecule has 1 atom stereocenters. The van der Waals surface area contributed by atoms with E-state index in [1.54, 1.807) is 0 Å². The van der Waals surface area contributed by atoms with E-state index in [9.17, 15) is 4.79 Å². The molecule has 2 rings (SSSR count). The van der Waals surface area contributed by atoms with E-state index in [0.29, 0.717) is 11.8 Å². The molecule has 1 fully saturated rings. The van der Waals surface area contributed by atoms with Crippen molar-refractivity contribution in [2.75, 3.05) is 6.54 Å². The summed E-state index contributed by atoms with van der Waals surface area (Å²) in [5, 5.41) is 0. The van der Waals surface area contributed by atoms with E-state index in [-0.39, 0.29) is 0 Å². The molecule has 1 aliphatic heterocycles. The summed E-state index contributed by atoms with van der Waals surface area (Å²) in [6, 6.07) is 11.0. The fourth-order valence-corrected chi connectivity index (χ4v) is 2.70. The molecule has 0 bridgehead atoms. The maximum atomic E-state index is 11.6. The minimum atomic E-state index is 0.445. The van der Waals surface area contributed by atoms with Crippen LogP contribution in [0, 0.1) is 0 Å². The fourth-order valence-electron chi connectivity index (χ4n) is 2.70. The molecule has 0 saturated carbocycles. The number of likely N-dealkylation sites (tertiary alicyclic amines) is 1. The molecule has 2 heteroatoms. The van der Waals surface area contributed by atoms with Gasteiger partial charge in [-0.25, -0.2) is 0 Å². The lowest BCUT2D eigenvalue weighted by atomic mass is 9.95. The smallest absolute Gasteiger partial charge is 0.135 e. The van der Waals surface area contributed by atoms with Gasteiger partial charge in [-0.05, 0) is 12.0 Å². The predicted molar refractivity (Wildman–Crippen MR) is 74.4 cm³/mol. The zero-order chi connectivity index (χ0) is 12.8. The minimum Gasteiger partial charge on any atom is -0.300 e. The number of nitrogens with zero attached hydrogens (tertiary/aromatic N) is 1. The minimum absolute atomic E-state index is 0.445. The molecule has 0 spiro atoms. The molecule has 0 aliphatic carbocycles. The monoisotopic (exact) mass is 245 g/mol. The number of rotatable bonds is 5. The van der Waals surface area contributed by atoms with Gasteiger partial charge < -0.3 is 0 Å². The van der Waals surface area contributed by atoms with Crippen LogP contribution in [0.15, 0.2) is 30.3 Å². The highest BCUT2D eigenvalue weighted by molar-refractivity contribution is 5.79. The van der Waals surface area contributed by atoms with Gasteiger partial charge in [0.05, 0.1) is 0 Å². The van der Waals surface area contributed by atoms with Crippen molar-refractivity contribution in [3.8, 4) is 0 Å². The fraction of sp³-hybridized carbons (Fsp3) is 0.562. The number of unbranched alkanes of at least 4 members (excludes halogenated alkanes) is 1. The Morgan fingerprint density at radius 2 is 2.06 bits per heavy atom. The first-order valence-corrected chi connectivity index (χ1v) is 7.09. The quantitative estimate of drug-likeness (QED) is 0.792. The third-order valence-corrected chi connectivity index (χ3v) is 3.78. The van der Waals surface area contributed by atoms with Crippen LogP contribution in [-0.2, 0) is 11.3 Å². The van der Waals surface area contributed by atoms with Crippen LogP contribution in [0.5, 0.6) is 0 Å². The van der Waals surface area contributed by atoms with Crippen LogP contribution in [0.2, 0.25) is 0 Å². The van der Waals surface area contributed by atoms with Crippen LogP contribution in [0.3, 0.4) is 0 Å². The Hall–Kier alpha value is -1.15. The number of Topliss-reactive ketones (excluding diaryl/α,β-unsaturated/α-hetero) is 1. The van der Waals surface area contributed by atoms with Crippen LogP contribution in [0.1, 0.15) is 44.6 Å². The lowest BCUT2D eigenvalue weighted by Crippen LogP contribution is -2.42. The molecule has 1 saturated heterocycles. The largest absolute Gasteiger partial charge is 0.300 e. The van der Waals surface area contributed by atoms with Crippen molar-refractivity contribution in [3.63, 3.8) is 0 Å². The van der Waals surface area contributed by atoms with E-state index in [1.165, 1.54) is 18.4 Å². The Labute approximate surface area is 110 Å². The van der Waals surface area contributed by atoms with E-state index in [1.807, 2.05) is 0 Å². The first-order chi connectivity index (χ1) is 8.79. The SMILES string of the molecule is CCCCC1CC(=O)CCN1Cc1ccccc1. The molecule has 98 valence electrons. The average molecular weight is 245 g/mol. The van der Waals surface area contributed by atoms with Crippen molar-refractivity contribution in [2.24, 2.45) is 0 Å². The van der Waals surface area contributed by atoms with Crippen molar-refractivity contribution in [1.29, 1.82) is 0 Å². The van der Waals surface area contributed by atoms with Crippen molar-refractivity contribution < 1.29 is 4.79 Å². The van der Waals surface area contributed by atoms with Gasteiger partial charge in [-0.1, -0.05) is 50.1 Å². The molecular weight excluding hydrogens is 222 g/mol. The zero-order valence-corrected chi connectivity index (χ0v) is 11.3. The molecule has 1 aliphatic rings. The van der Waals surface area contributed by atoms with E-state index < -0.39 is 0 Å². The summed E-state index contributed by atoms with van der Waals surface area (Å²) in [6.45, 7) is 4.14. The summed E-state index contributed by atoms with van der Waals surface area (Å²) in [5.41, 5.74) is 1.35. The van der Waals surface area contributed by atoms with E-state index in [4.69, 9.17) is 0 Å². The molecule has 1 aromatic rings. The Morgan fingerprint density at radius 3 is 2.78 bits per heavy atom. The summed E-state index contributed by atoms with van der Waals surface area (Å²) in [7, 11) is 0. The number of hydrogen-bond donors (Lipinski definition) is 0. The highest BCUT2D eigenvalue weighted by Crippen LogP contribution is 2.21. The molecule has 18 heavy (non-hydrogen) atoms. The summed E-state index contributed by atoms with van der Waals surface area (Å²) in [6.07, 6.45) is 5.09. The topological polar surface area (TPSA) is 20.3 Å². The highest BCUT2D eigenvalue weighted by atomic mass is 16.1. The van der Waals surface area contributed by atoms with Crippen LogP contribution in [-0.4, -0.2) is 23.3 Å². The Balaban J connectivity index is 1.97. The molecule has 0 amide bonds. The predicted octanol–water partition coefficient (Wildman–Crippen LogP) is 3.41. The van der Waals surface area contributed by atoms with E-state index in [2.05, 4.69) is 42.2 Å². The summed E-state index contributed by atoms with van der Waals surface area (Å²) < 4.78 is 0. The summed E-state index contributed by atoms with van der Waals surface area (Å²) in [4.78, 5) is 14.1. The van der Waals surface area contributed by atoms with Crippen molar-refractivity contribution in [1.82, 2.24) is 4.90 Å². The first-order valence-electron chi connectivity index (χ1n) is 7.09. The third-order valence-electron chi connectivity index (χ3n) is 3.78. The van der Waals surface area contributed by atoms with Crippen molar-refractivity contribution in [3.05, 3.63) is 35.9 Å². The van der Waals surface area contributed by atoms with Gasteiger partial charge in [0, 0.05) is 32.0 Å². The molecule has 0 aromatic heterocycles. The van der Waals surface area contributed by atoms with Gasteiger partial charge in [0.25, 0.3) is 0 Å². The molecule has 2 nitrogen and oxygen atoms in total. The molecule has 0 N–H and O–H groups in total. The third kappa shape index (κ3) is 3.67. The second kappa shape index (κ2) is 6.69. The molecule has 1 unspecified atom stereocenters. The number of hydrogen-bond acceptors (Lipinski definition) is 2. The molecule has 0 radical (unpaired) electrons. The number of piperidine rings is 1. The summed E-state index contributed by atoms with van der Waals surface area (Å²) in [5.74, 6) is 0.445. The maximum Gasteiger partial charge on any atom is 0.135 e. The van der Waals surface area contributed by atoms with E-state index >= 15 is 0 Å². The second-order valence-electron chi connectivity index (χ2n) is 5.24. The lowest BCUT2D eigenvalue weighted by molar-refractivity contribution is -0.123. The van der Waals surface area contributed by atoms with Gasteiger partial charge in [-0.3, -0.25) is 9.69 Å². The van der Waals surface area contributed by atoms with Crippen LogP contribution in [0.25, 0.3) is 0 Å². The highest BCUT2D eigenvalue weighted by Gasteiger charge is 2.26. The van der Waals surface area contributed by atoms with Gasteiger partial charge in [-0.15, -0.1) is 0 Å². The second-order valence-corrected chi connectivity index (χ2v) is 5.24. The Bertz CT molecular complexity index is 374. The van der Waals surface area contributed by atoms with Gasteiger partial charge in [0.2, 0.25) is 0 Å². The normalized spacial score (nSPS) is 21.2. The zero-order valence-electron chi connectivity index (χ0n) is 11.3. The molecule has 1 heterocycles. The van der Waals surface area contributed by atoms with Crippen LogP contribution < -0.4 is 0 Å². The van der Waals surface area contributed by atoms with Crippen LogP contribution in [0.4, 0.5) is 0 Å². The van der Waals surface area contributed by atoms with Crippen molar-refractivity contribution >= 4 is 5.78 Å². The van der Waals surface area contributed by atoms with Crippen LogP contribution >= 0.6 is 0 Å². The van der Waals surface area contributed by atoms with Gasteiger partial charge >= 0.3 is 0 Å². The molecular formula is C16H23NO. The van der Waals surface area contributed by atoms with Gasteiger partial charge in [0.1, 0.15) is 5.78 Å². The van der Waals surface area contributed by atoms with E-state index in [0.717, 1.165) is 32.4 Å². The molecule has 1 aromatic carbocycles. The Morgan fingerprint density at radius 1 is 1.28 bits per heavy atom. The number of ketones is 1. The number of benzene rings is 1. The van der Waals surface area contributed by atoms with Crippen molar-refractivity contribution in [2.45, 2.75) is 51.6 Å². The van der Waals surface area contributed by atoms with Gasteiger partial charge in [-0.2, -0.15) is 0 Å².